The lowest BCUT2D eigenvalue weighted by Crippen LogP contribution is -2.43. The van der Waals surface area contributed by atoms with Gasteiger partial charge in [0, 0.05) is 11.6 Å². The summed E-state index contributed by atoms with van der Waals surface area (Å²) in [6, 6.07) is 11.7. The molecule has 6 heteroatoms. The van der Waals surface area contributed by atoms with Gasteiger partial charge in [0.25, 0.3) is 0 Å². The van der Waals surface area contributed by atoms with Gasteiger partial charge in [-0.1, -0.05) is 23.7 Å². The van der Waals surface area contributed by atoms with Gasteiger partial charge >= 0.3 is 0 Å². The van der Waals surface area contributed by atoms with E-state index in [1.54, 1.807) is 14.2 Å². The van der Waals surface area contributed by atoms with Crippen molar-refractivity contribution in [2.45, 2.75) is 38.0 Å². The molecule has 0 spiro atoms. The topological polar surface area (TPSA) is 38.8 Å². The molecule has 0 radical (unpaired) electrons. The zero-order valence-corrected chi connectivity index (χ0v) is 18.0. The van der Waals surface area contributed by atoms with Gasteiger partial charge in [0.15, 0.2) is 11.5 Å². The highest BCUT2D eigenvalue weighted by molar-refractivity contribution is 7.84. The van der Waals surface area contributed by atoms with Gasteiger partial charge in [0.2, 0.25) is 0 Å². The van der Waals surface area contributed by atoms with E-state index in [0.29, 0.717) is 17.3 Å². The summed E-state index contributed by atoms with van der Waals surface area (Å²) in [6.45, 7) is 6.73. The Morgan fingerprint density at radius 2 is 1.67 bits per heavy atom. The van der Waals surface area contributed by atoms with Crippen molar-refractivity contribution in [1.82, 2.24) is 4.31 Å². The van der Waals surface area contributed by atoms with Gasteiger partial charge in [-0.05, 0) is 68.1 Å². The molecule has 0 amide bonds. The summed E-state index contributed by atoms with van der Waals surface area (Å²) in [5, 5.41) is 0.686. The maximum Gasteiger partial charge on any atom is 0.161 e. The van der Waals surface area contributed by atoms with Gasteiger partial charge in [-0.2, -0.15) is 0 Å². The summed E-state index contributed by atoms with van der Waals surface area (Å²) in [6.07, 6.45) is 0.807. The van der Waals surface area contributed by atoms with Crippen LogP contribution in [0.25, 0.3) is 0 Å². The molecule has 0 bridgehead atoms. The summed E-state index contributed by atoms with van der Waals surface area (Å²) in [4.78, 5) is 0. The summed E-state index contributed by atoms with van der Waals surface area (Å²) >= 11 is 6.10. The van der Waals surface area contributed by atoms with Crippen molar-refractivity contribution < 1.29 is 13.7 Å². The average molecular weight is 408 g/mol. The highest BCUT2D eigenvalue weighted by Gasteiger charge is 2.37. The Hall–Kier alpha value is -1.56. The summed E-state index contributed by atoms with van der Waals surface area (Å²) in [7, 11) is 2.12. The lowest BCUT2D eigenvalue weighted by molar-refractivity contribution is 0.339. The van der Waals surface area contributed by atoms with Crippen molar-refractivity contribution >= 4 is 22.6 Å². The molecule has 3 rings (SSSR count). The molecular formula is C21H26ClNO3S. The van der Waals surface area contributed by atoms with E-state index in [0.717, 1.165) is 23.3 Å². The van der Waals surface area contributed by atoms with Gasteiger partial charge in [-0.25, -0.2) is 8.51 Å². The van der Waals surface area contributed by atoms with Gasteiger partial charge in [-0.15, -0.1) is 0 Å². The summed E-state index contributed by atoms with van der Waals surface area (Å²) < 4.78 is 26.0. The molecule has 1 heterocycles. The molecule has 0 saturated heterocycles. The smallest absolute Gasteiger partial charge is 0.161 e. The lowest BCUT2D eigenvalue weighted by atomic mass is 9.89. The number of hydrogen-bond donors (Lipinski definition) is 0. The van der Waals surface area contributed by atoms with Crippen LogP contribution in [0, 0.1) is 0 Å². The predicted molar refractivity (Wildman–Crippen MR) is 111 cm³/mol. The molecule has 4 nitrogen and oxygen atoms in total. The average Bonchev–Trinajstić information content (AvgIpc) is 2.65. The van der Waals surface area contributed by atoms with E-state index in [9.17, 15) is 4.21 Å². The number of benzene rings is 2. The molecule has 0 saturated carbocycles. The number of methoxy groups -OCH3 is 2. The van der Waals surface area contributed by atoms with Crippen LogP contribution >= 0.6 is 11.6 Å². The summed E-state index contributed by atoms with van der Waals surface area (Å²) in [5.74, 6) is 1.40. The molecule has 1 aliphatic heterocycles. The Bertz CT molecular complexity index is 846. The molecule has 0 aliphatic carbocycles. The van der Waals surface area contributed by atoms with E-state index in [1.807, 2.05) is 57.2 Å². The number of fused-ring (bicyclic) bond motifs is 1. The second-order valence-corrected chi connectivity index (χ2v) is 10.2. The van der Waals surface area contributed by atoms with Gasteiger partial charge in [0.1, 0.15) is 11.0 Å². The zero-order chi connectivity index (χ0) is 19.8. The van der Waals surface area contributed by atoms with Crippen LogP contribution in [0.2, 0.25) is 5.02 Å². The van der Waals surface area contributed by atoms with E-state index in [-0.39, 0.29) is 10.8 Å². The first kappa shape index (κ1) is 20.2. The van der Waals surface area contributed by atoms with Crippen molar-refractivity contribution in [1.29, 1.82) is 0 Å². The van der Waals surface area contributed by atoms with Crippen molar-refractivity contribution in [2.75, 3.05) is 20.8 Å². The van der Waals surface area contributed by atoms with E-state index in [1.165, 1.54) is 5.56 Å². The van der Waals surface area contributed by atoms with Crippen LogP contribution in [-0.4, -0.2) is 34.0 Å². The second kappa shape index (κ2) is 7.82. The fourth-order valence-electron chi connectivity index (χ4n) is 3.44. The van der Waals surface area contributed by atoms with Crippen LogP contribution in [0.3, 0.4) is 0 Å². The summed E-state index contributed by atoms with van der Waals surface area (Å²) in [5.41, 5.74) is 3.35. The Kier molecular flexibility index (Phi) is 5.84. The molecule has 2 atom stereocenters. The van der Waals surface area contributed by atoms with E-state index >= 15 is 0 Å². The molecule has 0 unspecified atom stereocenters. The zero-order valence-electron chi connectivity index (χ0n) is 16.4. The fraction of sp³-hybridized carbons (Fsp3) is 0.429. The van der Waals surface area contributed by atoms with Gasteiger partial charge < -0.3 is 9.47 Å². The van der Waals surface area contributed by atoms with Crippen LogP contribution in [0.15, 0.2) is 36.4 Å². The molecule has 27 heavy (non-hydrogen) atoms. The Morgan fingerprint density at radius 1 is 1.07 bits per heavy atom. The molecule has 1 aliphatic rings. The van der Waals surface area contributed by atoms with Crippen molar-refractivity contribution in [3.63, 3.8) is 0 Å². The Balaban J connectivity index is 2.17. The fourth-order valence-corrected chi connectivity index (χ4v) is 4.96. The SMILES string of the molecule is COc1cc2c(cc1OC)[C@H](c1ccc(Cl)cc1)N([S@](=O)C(C)(C)C)CC2. The first-order valence-electron chi connectivity index (χ1n) is 8.95. The molecule has 0 fully saturated rings. The highest BCUT2D eigenvalue weighted by atomic mass is 35.5. The number of nitrogens with zero attached hydrogens (tertiary/aromatic N) is 1. The Labute approximate surface area is 169 Å². The number of halogens is 1. The van der Waals surface area contributed by atoms with E-state index in [4.69, 9.17) is 21.1 Å². The van der Waals surface area contributed by atoms with Gasteiger partial charge in [0.05, 0.1) is 25.0 Å². The minimum absolute atomic E-state index is 0.133. The first-order valence-corrected chi connectivity index (χ1v) is 10.4. The van der Waals surface area contributed by atoms with Crippen molar-refractivity contribution in [3.05, 3.63) is 58.1 Å². The molecule has 2 aromatic rings. The van der Waals surface area contributed by atoms with Gasteiger partial charge in [-0.3, -0.25) is 0 Å². The maximum absolute atomic E-state index is 13.3. The third-order valence-corrected chi connectivity index (χ3v) is 6.87. The van der Waals surface area contributed by atoms with Crippen molar-refractivity contribution in [2.24, 2.45) is 0 Å². The number of rotatable bonds is 4. The van der Waals surface area contributed by atoms with E-state index < -0.39 is 11.0 Å². The third-order valence-electron chi connectivity index (χ3n) is 4.75. The second-order valence-electron chi connectivity index (χ2n) is 7.61. The minimum Gasteiger partial charge on any atom is -0.493 e. The van der Waals surface area contributed by atoms with E-state index in [2.05, 4.69) is 4.31 Å². The first-order chi connectivity index (χ1) is 12.8. The van der Waals surface area contributed by atoms with Crippen molar-refractivity contribution in [3.8, 4) is 11.5 Å². The lowest BCUT2D eigenvalue weighted by Gasteiger charge is -2.40. The van der Waals surface area contributed by atoms with Crippen LogP contribution in [-0.2, 0) is 17.4 Å². The molecule has 0 aromatic heterocycles. The monoisotopic (exact) mass is 407 g/mol. The normalized spacial score (nSPS) is 18.7. The molecular weight excluding hydrogens is 382 g/mol. The van der Waals surface area contributed by atoms with Crippen LogP contribution in [0.4, 0.5) is 0 Å². The predicted octanol–water partition coefficient (Wildman–Crippen LogP) is 4.77. The maximum atomic E-state index is 13.3. The standard InChI is InChI=1S/C21H26ClNO3S/c1-21(2,3)27(24)23-11-10-15-12-18(25-4)19(26-5)13-17(15)20(23)14-6-8-16(22)9-7-14/h6-9,12-13,20H,10-11H2,1-5H3/t20-,27+/m0/s1. The molecule has 146 valence electrons. The van der Waals surface area contributed by atoms with Crippen LogP contribution in [0.5, 0.6) is 11.5 Å². The van der Waals surface area contributed by atoms with Crippen LogP contribution in [0.1, 0.15) is 43.5 Å². The Morgan fingerprint density at radius 3 is 2.22 bits per heavy atom. The number of hydrogen-bond acceptors (Lipinski definition) is 3. The molecule has 0 N–H and O–H groups in total. The molecule has 2 aromatic carbocycles. The minimum atomic E-state index is -1.15. The quantitative estimate of drug-likeness (QED) is 0.732. The van der Waals surface area contributed by atoms with Crippen LogP contribution < -0.4 is 9.47 Å². The largest absolute Gasteiger partial charge is 0.493 e. The highest BCUT2D eigenvalue weighted by Crippen LogP contribution is 2.42. The third kappa shape index (κ3) is 4.00. The number of ether oxygens (including phenoxy) is 2.